The van der Waals surface area contributed by atoms with E-state index in [0.29, 0.717) is 0 Å². The second-order valence-electron chi connectivity index (χ2n) is 6.39. The summed E-state index contributed by atoms with van der Waals surface area (Å²) in [6.45, 7) is 3.10. The van der Waals surface area contributed by atoms with Gasteiger partial charge in [0.15, 0.2) is 0 Å². The maximum atomic E-state index is 6.29. The highest BCUT2D eigenvalue weighted by atomic mass is 35.5. The molecule has 0 saturated heterocycles. The summed E-state index contributed by atoms with van der Waals surface area (Å²) in [6, 6.07) is 23.6. The molecule has 24 heavy (non-hydrogen) atoms. The largest absolute Gasteiger partial charge is 0.350 e. The molecule has 0 saturated carbocycles. The Bertz CT molecular complexity index is 809. The normalized spacial score (nSPS) is 18.1. The fourth-order valence-electron chi connectivity index (χ4n) is 3.69. The van der Waals surface area contributed by atoms with Gasteiger partial charge in [-0.2, -0.15) is 0 Å². The molecule has 1 aliphatic heterocycles. The van der Waals surface area contributed by atoms with Crippen molar-refractivity contribution in [2.75, 3.05) is 6.54 Å². The molecule has 1 atom stereocenters. The number of halogens is 1. The minimum atomic E-state index is 0.237. The van der Waals surface area contributed by atoms with Gasteiger partial charge in [0.05, 0.1) is 6.04 Å². The van der Waals surface area contributed by atoms with Gasteiger partial charge in [-0.3, -0.25) is 4.90 Å². The third kappa shape index (κ3) is 3.12. The second kappa shape index (κ2) is 6.84. The monoisotopic (exact) mass is 336 g/mol. The van der Waals surface area contributed by atoms with Gasteiger partial charge >= 0.3 is 0 Å². The fraction of sp³-hybridized carbons (Fsp3) is 0.238. The molecule has 1 aliphatic rings. The van der Waals surface area contributed by atoms with Crippen LogP contribution in [0.5, 0.6) is 0 Å². The lowest BCUT2D eigenvalue weighted by atomic mass is 10.0. The van der Waals surface area contributed by atoms with E-state index in [1.807, 2.05) is 6.07 Å². The molecule has 0 bridgehead atoms. The van der Waals surface area contributed by atoms with E-state index in [0.717, 1.165) is 31.1 Å². The highest BCUT2D eigenvalue weighted by Gasteiger charge is 2.27. The van der Waals surface area contributed by atoms with E-state index in [2.05, 4.69) is 76.3 Å². The number of benzene rings is 2. The van der Waals surface area contributed by atoms with Crippen molar-refractivity contribution in [3.8, 4) is 0 Å². The van der Waals surface area contributed by atoms with E-state index in [9.17, 15) is 0 Å². The molecule has 0 radical (unpaired) electrons. The van der Waals surface area contributed by atoms with Crippen molar-refractivity contribution in [1.29, 1.82) is 0 Å². The number of nitrogens with zero attached hydrogens (tertiary/aromatic N) is 2. The van der Waals surface area contributed by atoms with Crippen LogP contribution in [0.25, 0.3) is 0 Å². The predicted molar refractivity (Wildman–Crippen MR) is 99.2 cm³/mol. The standard InChI is InChI=1S/C21H21ClN2/c22-19-10-4-9-18(15-19)21-20-11-5-12-23(20)13-6-14-24(21)16-17-7-2-1-3-8-17/h1-5,7-12,15,21H,6,13-14,16H2/t21-/m1/s1. The van der Waals surface area contributed by atoms with E-state index < -0.39 is 0 Å². The molecule has 0 unspecified atom stereocenters. The van der Waals surface area contributed by atoms with Crippen LogP contribution in [-0.2, 0) is 13.1 Å². The summed E-state index contributed by atoms with van der Waals surface area (Å²) in [5, 5.41) is 0.800. The summed E-state index contributed by atoms with van der Waals surface area (Å²) in [6.07, 6.45) is 3.35. The van der Waals surface area contributed by atoms with E-state index >= 15 is 0 Å². The highest BCUT2D eigenvalue weighted by Crippen LogP contribution is 2.33. The first kappa shape index (κ1) is 15.5. The van der Waals surface area contributed by atoms with Gasteiger partial charge in [-0.05, 0) is 41.8 Å². The first-order chi connectivity index (χ1) is 11.8. The maximum Gasteiger partial charge on any atom is 0.0759 e. The average molecular weight is 337 g/mol. The SMILES string of the molecule is Clc1cccc([C@@H]2c3cccn3CCCN2Cc2ccccc2)c1. The Morgan fingerprint density at radius 1 is 0.917 bits per heavy atom. The third-order valence-electron chi connectivity index (χ3n) is 4.75. The number of aryl methyl sites for hydroxylation is 1. The smallest absolute Gasteiger partial charge is 0.0759 e. The summed E-state index contributed by atoms with van der Waals surface area (Å²) >= 11 is 6.29. The van der Waals surface area contributed by atoms with Crippen LogP contribution in [0.2, 0.25) is 5.02 Å². The first-order valence-corrected chi connectivity index (χ1v) is 8.87. The van der Waals surface area contributed by atoms with Gasteiger partial charge < -0.3 is 4.57 Å². The van der Waals surface area contributed by atoms with Crippen LogP contribution in [0.4, 0.5) is 0 Å². The van der Waals surface area contributed by atoms with Crippen molar-refractivity contribution in [1.82, 2.24) is 9.47 Å². The molecular weight excluding hydrogens is 316 g/mol. The second-order valence-corrected chi connectivity index (χ2v) is 6.83. The Morgan fingerprint density at radius 3 is 2.62 bits per heavy atom. The van der Waals surface area contributed by atoms with Crippen molar-refractivity contribution in [2.45, 2.75) is 25.6 Å². The van der Waals surface area contributed by atoms with Crippen LogP contribution in [-0.4, -0.2) is 16.0 Å². The summed E-state index contributed by atoms with van der Waals surface area (Å²) in [5.74, 6) is 0. The summed E-state index contributed by atoms with van der Waals surface area (Å²) < 4.78 is 2.39. The van der Waals surface area contributed by atoms with Crippen molar-refractivity contribution >= 4 is 11.6 Å². The predicted octanol–water partition coefficient (Wildman–Crippen LogP) is 5.14. The highest BCUT2D eigenvalue weighted by molar-refractivity contribution is 6.30. The molecule has 0 aliphatic carbocycles. The third-order valence-corrected chi connectivity index (χ3v) is 4.98. The Labute approximate surface area is 148 Å². The van der Waals surface area contributed by atoms with Gasteiger partial charge in [0, 0.05) is 36.5 Å². The molecule has 0 N–H and O–H groups in total. The minimum absolute atomic E-state index is 0.237. The van der Waals surface area contributed by atoms with Crippen molar-refractivity contribution in [3.63, 3.8) is 0 Å². The van der Waals surface area contributed by atoms with Gasteiger partial charge in [0.25, 0.3) is 0 Å². The molecule has 4 rings (SSSR count). The van der Waals surface area contributed by atoms with Gasteiger partial charge in [-0.1, -0.05) is 54.1 Å². The zero-order valence-electron chi connectivity index (χ0n) is 13.6. The number of fused-ring (bicyclic) bond motifs is 1. The molecule has 2 heterocycles. The lowest BCUT2D eigenvalue weighted by Gasteiger charge is -2.30. The number of hydrogen-bond donors (Lipinski definition) is 0. The summed E-state index contributed by atoms with van der Waals surface area (Å²) in [5.41, 5.74) is 3.97. The molecule has 0 spiro atoms. The van der Waals surface area contributed by atoms with Crippen LogP contribution in [0.15, 0.2) is 72.9 Å². The van der Waals surface area contributed by atoms with Crippen molar-refractivity contribution in [3.05, 3.63) is 94.8 Å². The van der Waals surface area contributed by atoms with Crippen LogP contribution in [0.1, 0.15) is 29.3 Å². The minimum Gasteiger partial charge on any atom is -0.350 e. The Morgan fingerprint density at radius 2 is 1.79 bits per heavy atom. The molecule has 122 valence electrons. The fourth-order valence-corrected chi connectivity index (χ4v) is 3.88. The van der Waals surface area contributed by atoms with Crippen LogP contribution in [0, 0.1) is 0 Å². The molecule has 0 fully saturated rings. The molecule has 2 nitrogen and oxygen atoms in total. The molecular formula is C21H21ClN2. The Balaban J connectivity index is 1.76. The van der Waals surface area contributed by atoms with E-state index in [1.54, 1.807) is 0 Å². The van der Waals surface area contributed by atoms with Gasteiger partial charge in [0.2, 0.25) is 0 Å². The van der Waals surface area contributed by atoms with E-state index in [4.69, 9.17) is 11.6 Å². The topological polar surface area (TPSA) is 8.17 Å². The van der Waals surface area contributed by atoms with Gasteiger partial charge in [-0.15, -0.1) is 0 Å². The number of aromatic nitrogens is 1. The summed E-state index contributed by atoms with van der Waals surface area (Å²) in [7, 11) is 0. The molecule has 0 amide bonds. The van der Waals surface area contributed by atoms with Gasteiger partial charge in [-0.25, -0.2) is 0 Å². The van der Waals surface area contributed by atoms with E-state index in [1.165, 1.54) is 16.8 Å². The van der Waals surface area contributed by atoms with Crippen LogP contribution in [0.3, 0.4) is 0 Å². The van der Waals surface area contributed by atoms with Crippen LogP contribution >= 0.6 is 11.6 Å². The molecule has 2 aromatic carbocycles. The zero-order valence-corrected chi connectivity index (χ0v) is 14.4. The maximum absolute atomic E-state index is 6.29. The molecule has 1 aromatic heterocycles. The molecule has 3 heteroatoms. The van der Waals surface area contributed by atoms with Crippen LogP contribution < -0.4 is 0 Å². The lowest BCUT2D eigenvalue weighted by Crippen LogP contribution is -2.29. The zero-order chi connectivity index (χ0) is 16.4. The summed E-state index contributed by atoms with van der Waals surface area (Å²) in [4.78, 5) is 2.57. The quantitative estimate of drug-likeness (QED) is 0.643. The van der Waals surface area contributed by atoms with Crippen molar-refractivity contribution in [2.24, 2.45) is 0 Å². The van der Waals surface area contributed by atoms with E-state index in [-0.39, 0.29) is 6.04 Å². The van der Waals surface area contributed by atoms with Gasteiger partial charge in [0.1, 0.15) is 0 Å². The number of hydrogen-bond acceptors (Lipinski definition) is 1. The first-order valence-electron chi connectivity index (χ1n) is 8.50. The lowest BCUT2D eigenvalue weighted by molar-refractivity contribution is 0.220. The Hall–Kier alpha value is -2.03. The molecule has 3 aromatic rings. The average Bonchev–Trinajstić information content (AvgIpc) is 2.97. The van der Waals surface area contributed by atoms with Crippen molar-refractivity contribution < 1.29 is 0 Å². The Kier molecular flexibility index (Phi) is 4.42. The number of rotatable bonds is 3.